The molecule has 0 aromatic carbocycles. The maximum atomic E-state index is 11.1. The molecule has 2 N–H and O–H groups in total. The van der Waals surface area contributed by atoms with Gasteiger partial charge in [-0.3, -0.25) is 4.79 Å². The Morgan fingerprint density at radius 2 is 2.45 bits per heavy atom. The first-order valence-electron chi connectivity index (χ1n) is 4.00. The highest BCUT2D eigenvalue weighted by atomic mass is 16.2. The molecule has 0 spiro atoms. The van der Waals surface area contributed by atoms with Crippen molar-refractivity contribution in [2.45, 2.75) is 12.8 Å². The van der Waals surface area contributed by atoms with Crippen molar-refractivity contribution in [1.82, 2.24) is 4.90 Å². The van der Waals surface area contributed by atoms with Crippen LogP contribution in [0.25, 0.3) is 0 Å². The molecule has 3 nitrogen and oxygen atoms in total. The SMILES string of the molecule is NCCCN1CCC=CC1=O. The molecule has 1 aliphatic rings. The molecule has 1 heterocycles. The molecule has 3 heteroatoms. The van der Waals surface area contributed by atoms with Crippen molar-refractivity contribution >= 4 is 5.91 Å². The summed E-state index contributed by atoms with van der Waals surface area (Å²) < 4.78 is 0. The first-order chi connectivity index (χ1) is 5.34. The van der Waals surface area contributed by atoms with E-state index in [1.54, 1.807) is 6.08 Å². The van der Waals surface area contributed by atoms with Crippen molar-refractivity contribution in [3.05, 3.63) is 12.2 Å². The summed E-state index contributed by atoms with van der Waals surface area (Å²) in [5.41, 5.74) is 5.34. The van der Waals surface area contributed by atoms with E-state index in [0.717, 1.165) is 25.9 Å². The molecule has 0 saturated carbocycles. The van der Waals surface area contributed by atoms with Crippen LogP contribution < -0.4 is 5.73 Å². The van der Waals surface area contributed by atoms with Crippen LogP contribution in [0.3, 0.4) is 0 Å². The Balaban J connectivity index is 2.33. The van der Waals surface area contributed by atoms with Crippen LogP contribution in [0.2, 0.25) is 0 Å². The summed E-state index contributed by atoms with van der Waals surface area (Å²) in [6, 6.07) is 0. The van der Waals surface area contributed by atoms with Crippen molar-refractivity contribution in [2.24, 2.45) is 5.73 Å². The maximum absolute atomic E-state index is 11.1. The molecule has 0 radical (unpaired) electrons. The minimum atomic E-state index is 0.129. The number of amides is 1. The van der Waals surface area contributed by atoms with Crippen LogP contribution in [0, 0.1) is 0 Å². The number of rotatable bonds is 3. The smallest absolute Gasteiger partial charge is 0.246 e. The van der Waals surface area contributed by atoms with Crippen LogP contribution in [-0.4, -0.2) is 30.4 Å². The minimum Gasteiger partial charge on any atom is -0.339 e. The number of nitrogens with zero attached hydrogens (tertiary/aromatic N) is 1. The summed E-state index contributed by atoms with van der Waals surface area (Å²) in [4.78, 5) is 12.9. The third-order valence-corrected chi connectivity index (χ3v) is 1.77. The summed E-state index contributed by atoms with van der Waals surface area (Å²) >= 11 is 0. The van der Waals surface area contributed by atoms with Gasteiger partial charge in [0.05, 0.1) is 0 Å². The third kappa shape index (κ3) is 2.35. The first-order valence-corrected chi connectivity index (χ1v) is 4.00. The fraction of sp³-hybridized carbons (Fsp3) is 0.625. The normalized spacial score (nSPS) is 17.5. The number of hydrogen-bond acceptors (Lipinski definition) is 2. The fourth-order valence-electron chi connectivity index (χ4n) is 1.13. The van der Waals surface area contributed by atoms with E-state index >= 15 is 0 Å². The Morgan fingerprint density at radius 1 is 1.64 bits per heavy atom. The number of carbonyl (C=O) groups is 1. The number of hydrogen-bond donors (Lipinski definition) is 1. The molecule has 0 saturated heterocycles. The summed E-state index contributed by atoms with van der Waals surface area (Å²) in [6.45, 7) is 2.32. The predicted octanol–water partition coefficient (Wildman–Crippen LogP) is 0.124. The van der Waals surface area contributed by atoms with Gasteiger partial charge in [0.15, 0.2) is 0 Å². The zero-order valence-corrected chi connectivity index (χ0v) is 6.62. The molecule has 11 heavy (non-hydrogen) atoms. The van der Waals surface area contributed by atoms with Crippen LogP contribution in [0.5, 0.6) is 0 Å². The maximum Gasteiger partial charge on any atom is 0.246 e. The largest absolute Gasteiger partial charge is 0.339 e. The van der Waals surface area contributed by atoms with Gasteiger partial charge in [-0.05, 0) is 25.5 Å². The van der Waals surface area contributed by atoms with Crippen molar-refractivity contribution in [3.63, 3.8) is 0 Å². The van der Waals surface area contributed by atoms with Crippen LogP contribution in [0.15, 0.2) is 12.2 Å². The van der Waals surface area contributed by atoms with E-state index in [9.17, 15) is 4.79 Å². The molecule has 0 aromatic heterocycles. The van der Waals surface area contributed by atoms with Gasteiger partial charge in [-0.15, -0.1) is 0 Å². The zero-order valence-electron chi connectivity index (χ0n) is 6.62. The van der Waals surface area contributed by atoms with Gasteiger partial charge in [0.1, 0.15) is 0 Å². The Labute approximate surface area is 66.9 Å². The average Bonchev–Trinajstić information content (AvgIpc) is 2.03. The zero-order chi connectivity index (χ0) is 8.10. The van der Waals surface area contributed by atoms with Crippen LogP contribution >= 0.6 is 0 Å². The van der Waals surface area contributed by atoms with E-state index in [4.69, 9.17) is 5.73 Å². The van der Waals surface area contributed by atoms with Gasteiger partial charge in [-0.25, -0.2) is 0 Å². The van der Waals surface area contributed by atoms with Gasteiger partial charge >= 0.3 is 0 Å². The highest BCUT2D eigenvalue weighted by Gasteiger charge is 2.11. The molecular formula is C8H14N2O. The Hall–Kier alpha value is -0.830. The second kappa shape index (κ2) is 4.13. The van der Waals surface area contributed by atoms with Gasteiger partial charge in [-0.1, -0.05) is 6.08 Å². The minimum absolute atomic E-state index is 0.129. The second-order valence-electron chi connectivity index (χ2n) is 2.66. The van der Waals surface area contributed by atoms with Crippen LogP contribution in [-0.2, 0) is 4.79 Å². The molecule has 1 amide bonds. The lowest BCUT2D eigenvalue weighted by molar-refractivity contribution is -0.126. The van der Waals surface area contributed by atoms with Gasteiger partial charge in [0.25, 0.3) is 0 Å². The van der Waals surface area contributed by atoms with E-state index < -0.39 is 0 Å². The van der Waals surface area contributed by atoms with Crippen molar-refractivity contribution < 1.29 is 4.79 Å². The van der Waals surface area contributed by atoms with E-state index in [1.165, 1.54) is 0 Å². The van der Waals surface area contributed by atoms with Crippen molar-refractivity contribution in [1.29, 1.82) is 0 Å². The fourth-order valence-corrected chi connectivity index (χ4v) is 1.13. The van der Waals surface area contributed by atoms with Crippen molar-refractivity contribution in [3.8, 4) is 0 Å². The van der Waals surface area contributed by atoms with Gasteiger partial charge in [0, 0.05) is 13.1 Å². The first kappa shape index (κ1) is 8.27. The topological polar surface area (TPSA) is 46.3 Å². The van der Waals surface area contributed by atoms with Crippen LogP contribution in [0.1, 0.15) is 12.8 Å². The Morgan fingerprint density at radius 3 is 3.09 bits per heavy atom. The molecule has 0 fully saturated rings. The van der Waals surface area contributed by atoms with Gasteiger partial charge in [-0.2, -0.15) is 0 Å². The molecule has 0 bridgehead atoms. The summed E-state index contributed by atoms with van der Waals surface area (Å²) in [6.07, 6.45) is 5.44. The third-order valence-electron chi connectivity index (χ3n) is 1.77. The Bertz CT molecular complexity index is 165. The molecule has 1 aliphatic heterocycles. The average molecular weight is 154 g/mol. The molecule has 62 valence electrons. The van der Waals surface area contributed by atoms with E-state index in [1.807, 2.05) is 11.0 Å². The predicted molar refractivity (Wildman–Crippen MR) is 44.0 cm³/mol. The quantitative estimate of drug-likeness (QED) is 0.627. The van der Waals surface area contributed by atoms with Crippen LogP contribution in [0.4, 0.5) is 0 Å². The lowest BCUT2D eigenvalue weighted by atomic mass is 10.2. The second-order valence-corrected chi connectivity index (χ2v) is 2.66. The highest BCUT2D eigenvalue weighted by molar-refractivity contribution is 5.88. The Kier molecular flexibility index (Phi) is 3.11. The standard InChI is InChI=1S/C8H14N2O/c9-5-3-7-10-6-2-1-4-8(10)11/h1,4H,2-3,5-7,9H2. The molecule has 0 aromatic rings. The molecule has 0 atom stereocenters. The van der Waals surface area contributed by atoms with Crippen molar-refractivity contribution in [2.75, 3.05) is 19.6 Å². The number of carbonyl (C=O) groups excluding carboxylic acids is 1. The molecule has 0 aliphatic carbocycles. The molecular weight excluding hydrogens is 140 g/mol. The highest BCUT2D eigenvalue weighted by Crippen LogP contribution is 2.02. The molecule has 1 rings (SSSR count). The summed E-state index contributed by atoms with van der Waals surface area (Å²) in [5, 5.41) is 0. The van der Waals surface area contributed by atoms with E-state index in [-0.39, 0.29) is 5.91 Å². The van der Waals surface area contributed by atoms with E-state index in [0.29, 0.717) is 6.54 Å². The molecule has 0 unspecified atom stereocenters. The summed E-state index contributed by atoms with van der Waals surface area (Å²) in [7, 11) is 0. The van der Waals surface area contributed by atoms with E-state index in [2.05, 4.69) is 0 Å². The lowest BCUT2D eigenvalue weighted by Crippen LogP contribution is -2.34. The summed E-state index contributed by atoms with van der Waals surface area (Å²) in [5.74, 6) is 0.129. The van der Waals surface area contributed by atoms with Gasteiger partial charge < -0.3 is 10.6 Å². The monoisotopic (exact) mass is 154 g/mol. The lowest BCUT2D eigenvalue weighted by Gasteiger charge is -2.22. The number of nitrogens with two attached hydrogens (primary N) is 1. The van der Waals surface area contributed by atoms with Gasteiger partial charge in [0.2, 0.25) is 5.91 Å².